The summed E-state index contributed by atoms with van der Waals surface area (Å²) in [7, 11) is 0. The Balaban J connectivity index is 3.07. The highest BCUT2D eigenvalue weighted by Gasteiger charge is 2.26. The Kier molecular flexibility index (Phi) is 6.45. The Hall–Kier alpha value is -1.55. The maximum atomic E-state index is 11.7. The van der Waals surface area contributed by atoms with E-state index in [-0.39, 0.29) is 36.0 Å². The van der Waals surface area contributed by atoms with E-state index in [1.54, 1.807) is 0 Å². The molecule has 0 aliphatic heterocycles. The average Bonchev–Trinajstić information content (AvgIpc) is 2.41. The second kappa shape index (κ2) is 7.56. The van der Waals surface area contributed by atoms with Crippen molar-refractivity contribution in [2.24, 2.45) is 0 Å². The van der Waals surface area contributed by atoms with Crippen molar-refractivity contribution in [2.45, 2.75) is 71.8 Å². The van der Waals surface area contributed by atoms with Crippen molar-refractivity contribution >= 4 is 22.8 Å². The third-order valence-electron chi connectivity index (χ3n) is 3.71. The Labute approximate surface area is 149 Å². The second-order valence-electron chi connectivity index (χ2n) is 8.06. The fraction of sp³-hybridized carbons (Fsp3) is 0.579. The third-order valence-corrected chi connectivity index (χ3v) is 3.90. The van der Waals surface area contributed by atoms with Gasteiger partial charge in [-0.25, -0.2) is 0 Å². The number of benzene rings is 1. The summed E-state index contributed by atoms with van der Waals surface area (Å²) in [4.78, 5) is 22.4. The van der Waals surface area contributed by atoms with Crippen molar-refractivity contribution in [3.8, 4) is 5.75 Å². The fourth-order valence-electron chi connectivity index (χ4n) is 2.36. The molecule has 4 nitrogen and oxygen atoms in total. The predicted molar refractivity (Wildman–Crippen MR) is 95.4 cm³/mol. The molecular weight excluding hydrogens is 328 g/mol. The van der Waals surface area contributed by atoms with E-state index in [0.717, 1.165) is 16.7 Å². The monoisotopic (exact) mass is 354 g/mol. The number of aromatic hydroxyl groups is 1. The molecule has 0 saturated carbocycles. The van der Waals surface area contributed by atoms with Crippen LogP contribution in [0.4, 0.5) is 0 Å². The molecule has 0 atom stereocenters. The highest BCUT2D eigenvalue weighted by Crippen LogP contribution is 2.39. The number of halogens is 1. The van der Waals surface area contributed by atoms with E-state index in [2.05, 4.69) is 0 Å². The van der Waals surface area contributed by atoms with Gasteiger partial charge in [0.25, 0.3) is 0 Å². The molecule has 134 valence electrons. The molecule has 0 radical (unpaired) electrons. The second-order valence-corrected chi connectivity index (χ2v) is 8.48. The summed E-state index contributed by atoms with van der Waals surface area (Å²) in [6, 6.07) is 3.73. The number of ether oxygens (including phenoxy) is 1. The molecule has 0 fully saturated rings. The summed E-state index contributed by atoms with van der Waals surface area (Å²) in [5, 5.41) is 10.1. The Morgan fingerprint density at radius 1 is 1.00 bits per heavy atom. The van der Waals surface area contributed by atoms with Crippen molar-refractivity contribution in [3.63, 3.8) is 0 Å². The zero-order valence-electron chi connectivity index (χ0n) is 15.3. The van der Waals surface area contributed by atoms with Crippen LogP contribution >= 0.6 is 11.6 Å². The van der Waals surface area contributed by atoms with Crippen LogP contribution in [0, 0.1) is 0 Å². The minimum absolute atomic E-state index is 0.0291. The van der Waals surface area contributed by atoms with Gasteiger partial charge in [0, 0.05) is 6.42 Å². The van der Waals surface area contributed by atoms with E-state index in [0.29, 0.717) is 0 Å². The standard InChI is InChI=1S/C19H27ClO4/c1-18(2,3)13-9-12(10-14(17(13)23)19(4,5)6)11-24-16(22)8-7-15(20)21/h9-10,23H,7-8,11H2,1-6H3. The van der Waals surface area contributed by atoms with Gasteiger partial charge in [0.15, 0.2) is 0 Å². The number of phenolic OH excluding ortho intramolecular Hbond substituents is 1. The van der Waals surface area contributed by atoms with Gasteiger partial charge < -0.3 is 9.84 Å². The first-order valence-corrected chi connectivity index (χ1v) is 8.41. The molecule has 0 aliphatic carbocycles. The van der Waals surface area contributed by atoms with Gasteiger partial charge in [-0.3, -0.25) is 9.59 Å². The lowest BCUT2D eigenvalue weighted by Crippen LogP contribution is -2.18. The van der Waals surface area contributed by atoms with Gasteiger partial charge in [0.05, 0.1) is 6.42 Å². The summed E-state index contributed by atoms with van der Waals surface area (Å²) in [5.41, 5.74) is 1.96. The maximum Gasteiger partial charge on any atom is 0.306 e. The van der Waals surface area contributed by atoms with Crippen LogP contribution in [0.15, 0.2) is 12.1 Å². The van der Waals surface area contributed by atoms with Gasteiger partial charge in [-0.2, -0.15) is 0 Å². The Morgan fingerprint density at radius 2 is 1.46 bits per heavy atom. The van der Waals surface area contributed by atoms with E-state index >= 15 is 0 Å². The number of carbonyl (C=O) groups is 2. The largest absolute Gasteiger partial charge is 0.507 e. The molecule has 0 heterocycles. The lowest BCUT2D eigenvalue weighted by molar-refractivity contribution is -0.145. The predicted octanol–water partition coefficient (Wildman–Crippen LogP) is 4.58. The van der Waals surface area contributed by atoms with Gasteiger partial charge in [-0.1, -0.05) is 41.5 Å². The van der Waals surface area contributed by atoms with Crippen LogP contribution in [0.3, 0.4) is 0 Å². The molecule has 0 aliphatic rings. The summed E-state index contributed by atoms with van der Waals surface area (Å²) in [5.74, 6) is -0.176. The Morgan fingerprint density at radius 3 is 1.83 bits per heavy atom. The van der Waals surface area contributed by atoms with Gasteiger partial charge >= 0.3 is 5.97 Å². The molecule has 24 heavy (non-hydrogen) atoms. The molecular formula is C19H27ClO4. The molecule has 1 aromatic rings. The molecule has 0 unspecified atom stereocenters. The van der Waals surface area contributed by atoms with Crippen LogP contribution in [-0.2, 0) is 31.8 Å². The van der Waals surface area contributed by atoms with Crippen LogP contribution in [0.25, 0.3) is 0 Å². The van der Waals surface area contributed by atoms with Gasteiger partial charge in [0.2, 0.25) is 5.24 Å². The topological polar surface area (TPSA) is 63.6 Å². The van der Waals surface area contributed by atoms with E-state index in [9.17, 15) is 14.7 Å². The van der Waals surface area contributed by atoms with E-state index < -0.39 is 11.2 Å². The lowest BCUT2D eigenvalue weighted by Gasteiger charge is -2.28. The highest BCUT2D eigenvalue weighted by molar-refractivity contribution is 6.63. The summed E-state index contributed by atoms with van der Waals surface area (Å²) in [6.45, 7) is 12.2. The van der Waals surface area contributed by atoms with Crippen molar-refractivity contribution in [3.05, 3.63) is 28.8 Å². The SMILES string of the molecule is CC(C)(C)c1cc(COC(=O)CCC(=O)Cl)cc(C(C)(C)C)c1O. The molecule has 0 spiro atoms. The lowest BCUT2D eigenvalue weighted by atomic mass is 9.78. The van der Waals surface area contributed by atoms with Crippen LogP contribution in [0.5, 0.6) is 5.75 Å². The molecule has 1 N–H and O–H groups in total. The first-order valence-electron chi connectivity index (χ1n) is 8.03. The minimum atomic E-state index is -0.554. The van der Waals surface area contributed by atoms with Crippen molar-refractivity contribution < 1.29 is 19.4 Å². The zero-order valence-corrected chi connectivity index (χ0v) is 16.1. The van der Waals surface area contributed by atoms with Gasteiger partial charge in [0.1, 0.15) is 12.4 Å². The number of phenols is 1. The normalized spacial score (nSPS) is 12.1. The van der Waals surface area contributed by atoms with Crippen molar-refractivity contribution in [1.29, 1.82) is 0 Å². The highest BCUT2D eigenvalue weighted by atomic mass is 35.5. The number of hydrogen-bond donors (Lipinski definition) is 1. The third kappa shape index (κ3) is 5.82. The summed E-state index contributed by atoms with van der Waals surface area (Å²) < 4.78 is 5.22. The number of carbonyl (C=O) groups excluding carboxylic acids is 2. The number of hydrogen-bond acceptors (Lipinski definition) is 4. The summed E-state index contributed by atoms with van der Waals surface area (Å²) in [6.07, 6.45) is -0.0604. The summed E-state index contributed by atoms with van der Waals surface area (Å²) >= 11 is 5.22. The smallest absolute Gasteiger partial charge is 0.306 e. The quantitative estimate of drug-likeness (QED) is 0.621. The van der Waals surface area contributed by atoms with Crippen molar-refractivity contribution in [1.82, 2.24) is 0 Å². The van der Waals surface area contributed by atoms with Crippen molar-refractivity contribution in [2.75, 3.05) is 0 Å². The fourth-order valence-corrected chi connectivity index (χ4v) is 2.45. The van der Waals surface area contributed by atoms with E-state index in [1.807, 2.05) is 53.7 Å². The van der Waals surface area contributed by atoms with Gasteiger partial charge in [-0.15, -0.1) is 0 Å². The zero-order chi connectivity index (χ0) is 18.7. The number of esters is 1. The van der Waals surface area contributed by atoms with Crippen LogP contribution in [0.1, 0.15) is 71.1 Å². The minimum Gasteiger partial charge on any atom is -0.507 e. The maximum absolute atomic E-state index is 11.7. The molecule has 0 bridgehead atoms. The van der Waals surface area contributed by atoms with Crippen LogP contribution in [-0.4, -0.2) is 16.3 Å². The van der Waals surface area contributed by atoms with Gasteiger partial charge in [-0.05, 0) is 51.3 Å². The van der Waals surface area contributed by atoms with Crippen LogP contribution in [0.2, 0.25) is 0 Å². The van der Waals surface area contributed by atoms with E-state index in [1.165, 1.54) is 0 Å². The van der Waals surface area contributed by atoms with E-state index in [4.69, 9.17) is 16.3 Å². The first kappa shape index (κ1) is 20.5. The number of rotatable bonds is 5. The molecule has 0 saturated heterocycles. The average molecular weight is 355 g/mol. The molecule has 1 rings (SSSR count). The molecule has 1 aromatic carbocycles. The Bertz CT molecular complexity index is 586. The molecule has 0 aromatic heterocycles. The molecule has 0 amide bonds. The first-order chi connectivity index (χ1) is 10.8. The van der Waals surface area contributed by atoms with Crippen LogP contribution < -0.4 is 0 Å². The molecule has 5 heteroatoms.